The van der Waals surface area contributed by atoms with E-state index in [-0.39, 0.29) is 17.9 Å². The molecule has 2 rings (SSSR count). The molecular formula is C13H21ClN4O. The number of rotatable bonds is 4. The highest BCUT2D eigenvalue weighted by Crippen LogP contribution is 2.18. The van der Waals surface area contributed by atoms with Gasteiger partial charge in [0, 0.05) is 24.8 Å². The third-order valence-electron chi connectivity index (χ3n) is 3.56. The number of fused-ring (bicyclic) bond motifs is 1. The second-order valence-corrected chi connectivity index (χ2v) is 5.53. The van der Waals surface area contributed by atoms with Gasteiger partial charge in [-0.15, -0.1) is 21.8 Å². The van der Waals surface area contributed by atoms with Gasteiger partial charge in [0.1, 0.15) is 5.82 Å². The largest absolute Gasteiger partial charge is 0.346 e. The Labute approximate surface area is 118 Å². The topological polar surface area (TPSA) is 59.8 Å². The maximum atomic E-state index is 11.9. The SMILES string of the molecule is CC(CCl)C(=O)NC(C)c1nnc2n1CCCCC2. The Balaban J connectivity index is 2.09. The molecule has 1 aliphatic heterocycles. The highest BCUT2D eigenvalue weighted by molar-refractivity contribution is 6.19. The zero-order valence-electron chi connectivity index (χ0n) is 11.5. The first kappa shape index (κ1) is 14.3. The maximum absolute atomic E-state index is 11.9. The molecule has 0 spiro atoms. The third kappa shape index (κ3) is 3.26. The van der Waals surface area contributed by atoms with Crippen LogP contribution in [0.25, 0.3) is 0 Å². The van der Waals surface area contributed by atoms with Crippen LogP contribution in [0.15, 0.2) is 0 Å². The van der Waals surface area contributed by atoms with E-state index in [9.17, 15) is 4.79 Å². The summed E-state index contributed by atoms with van der Waals surface area (Å²) in [6.07, 6.45) is 4.53. The Hall–Kier alpha value is -1.10. The lowest BCUT2D eigenvalue weighted by molar-refractivity contribution is -0.124. The van der Waals surface area contributed by atoms with E-state index in [1.54, 1.807) is 0 Å². The van der Waals surface area contributed by atoms with E-state index < -0.39 is 0 Å². The molecular weight excluding hydrogens is 264 g/mol. The van der Waals surface area contributed by atoms with Crippen LogP contribution in [-0.2, 0) is 17.8 Å². The molecule has 2 atom stereocenters. The average Bonchev–Trinajstić information content (AvgIpc) is 2.67. The Bertz CT molecular complexity index is 446. The number of nitrogens with zero attached hydrogens (tertiary/aromatic N) is 3. The van der Waals surface area contributed by atoms with Crippen molar-refractivity contribution in [2.45, 2.75) is 52.1 Å². The van der Waals surface area contributed by atoms with Gasteiger partial charge in [-0.1, -0.05) is 13.3 Å². The van der Waals surface area contributed by atoms with E-state index in [1.165, 1.54) is 12.8 Å². The van der Waals surface area contributed by atoms with Crippen LogP contribution in [0.5, 0.6) is 0 Å². The van der Waals surface area contributed by atoms with Gasteiger partial charge < -0.3 is 9.88 Å². The van der Waals surface area contributed by atoms with Crippen molar-refractivity contribution in [1.82, 2.24) is 20.1 Å². The van der Waals surface area contributed by atoms with E-state index in [0.29, 0.717) is 5.88 Å². The van der Waals surface area contributed by atoms with E-state index >= 15 is 0 Å². The Kier molecular flexibility index (Phi) is 4.80. The van der Waals surface area contributed by atoms with Crippen LogP contribution in [-0.4, -0.2) is 26.6 Å². The molecule has 0 saturated heterocycles. The van der Waals surface area contributed by atoms with Crippen LogP contribution in [0.2, 0.25) is 0 Å². The molecule has 0 saturated carbocycles. The van der Waals surface area contributed by atoms with Gasteiger partial charge in [-0.05, 0) is 19.8 Å². The van der Waals surface area contributed by atoms with Crippen molar-refractivity contribution in [3.8, 4) is 0 Å². The fourth-order valence-electron chi connectivity index (χ4n) is 2.32. The molecule has 1 amide bonds. The summed E-state index contributed by atoms with van der Waals surface area (Å²) in [4.78, 5) is 11.9. The molecule has 5 nitrogen and oxygen atoms in total. The Morgan fingerprint density at radius 2 is 2.16 bits per heavy atom. The van der Waals surface area contributed by atoms with Gasteiger partial charge in [-0.2, -0.15) is 0 Å². The van der Waals surface area contributed by atoms with Crippen molar-refractivity contribution in [2.24, 2.45) is 5.92 Å². The van der Waals surface area contributed by atoms with E-state index in [1.807, 2.05) is 13.8 Å². The van der Waals surface area contributed by atoms with Crippen LogP contribution >= 0.6 is 11.6 Å². The van der Waals surface area contributed by atoms with Gasteiger partial charge in [-0.25, -0.2) is 0 Å². The van der Waals surface area contributed by atoms with Crippen molar-refractivity contribution >= 4 is 17.5 Å². The summed E-state index contributed by atoms with van der Waals surface area (Å²) < 4.78 is 2.16. The van der Waals surface area contributed by atoms with Crippen molar-refractivity contribution in [3.63, 3.8) is 0 Å². The summed E-state index contributed by atoms with van der Waals surface area (Å²) in [5.74, 6) is 2.01. The Morgan fingerprint density at radius 1 is 1.37 bits per heavy atom. The molecule has 2 heterocycles. The maximum Gasteiger partial charge on any atom is 0.224 e. The number of nitrogens with one attached hydrogen (secondary N) is 1. The first-order valence-electron chi connectivity index (χ1n) is 6.91. The van der Waals surface area contributed by atoms with Gasteiger partial charge in [0.05, 0.1) is 6.04 Å². The summed E-state index contributed by atoms with van der Waals surface area (Å²) >= 11 is 5.70. The molecule has 0 fully saturated rings. The minimum atomic E-state index is -0.185. The molecule has 1 aromatic rings. The molecule has 106 valence electrons. The number of halogens is 1. The van der Waals surface area contributed by atoms with Crippen molar-refractivity contribution in [2.75, 3.05) is 5.88 Å². The monoisotopic (exact) mass is 284 g/mol. The summed E-state index contributed by atoms with van der Waals surface area (Å²) in [6.45, 7) is 4.71. The molecule has 2 unspecified atom stereocenters. The van der Waals surface area contributed by atoms with Gasteiger partial charge in [-0.3, -0.25) is 4.79 Å². The average molecular weight is 285 g/mol. The molecule has 1 N–H and O–H groups in total. The lowest BCUT2D eigenvalue weighted by Crippen LogP contribution is -2.33. The molecule has 6 heteroatoms. The number of hydrogen-bond acceptors (Lipinski definition) is 3. The van der Waals surface area contributed by atoms with Gasteiger partial charge in [0.2, 0.25) is 5.91 Å². The van der Waals surface area contributed by atoms with Crippen LogP contribution < -0.4 is 5.32 Å². The summed E-state index contributed by atoms with van der Waals surface area (Å²) in [7, 11) is 0. The molecule has 1 aliphatic rings. The number of alkyl halides is 1. The zero-order valence-corrected chi connectivity index (χ0v) is 12.3. The number of aromatic nitrogens is 3. The molecule has 0 bridgehead atoms. The first-order chi connectivity index (χ1) is 9.13. The number of aryl methyl sites for hydroxylation is 1. The van der Waals surface area contributed by atoms with Gasteiger partial charge >= 0.3 is 0 Å². The molecule has 0 aromatic carbocycles. The normalized spacial score (nSPS) is 18.3. The lowest BCUT2D eigenvalue weighted by Gasteiger charge is -2.17. The van der Waals surface area contributed by atoms with E-state index in [0.717, 1.165) is 31.0 Å². The number of carbonyl (C=O) groups excluding carboxylic acids is 1. The summed E-state index contributed by atoms with van der Waals surface area (Å²) in [5, 5.41) is 11.4. The first-order valence-corrected chi connectivity index (χ1v) is 7.45. The van der Waals surface area contributed by atoms with E-state index in [2.05, 4.69) is 20.1 Å². The van der Waals surface area contributed by atoms with Crippen LogP contribution in [0.1, 0.15) is 50.8 Å². The molecule has 1 aromatic heterocycles. The number of hydrogen-bond donors (Lipinski definition) is 1. The highest BCUT2D eigenvalue weighted by atomic mass is 35.5. The number of amides is 1. The van der Waals surface area contributed by atoms with Crippen LogP contribution in [0, 0.1) is 5.92 Å². The van der Waals surface area contributed by atoms with Crippen molar-refractivity contribution in [1.29, 1.82) is 0 Å². The zero-order chi connectivity index (χ0) is 13.8. The lowest BCUT2D eigenvalue weighted by atomic mass is 10.2. The van der Waals surface area contributed by atoms with Gasteiger partial charge in [0.25, 0.3) is 0 Å². The molecule has 19 heavy (non-hydrogen) atoms. The fraction of sp³-hybridized carbons (Fsp3) is 0.769. The highest BCUT2D eigenvalue weighted by Gasteiger charge is 2.22. The Morgan fingerprint density at radius 3 is 2.89 bits per heavy atom. The van der Waals surface area contributed by atoms with E-state index in [4.69, 9.17) is 11.6 Å². The molecule has 0 radical (unpaired) electrons. The second-order valence-electron chi connectivity index (χ2n) is 5.22. The second kappa shape index (κ2) is 6.37. The predicted molar refractivity (Wildman–Crippen MR) is 74.0 cm³/mol. The summed E-state index contributed by atoms with van der Waals surface area (Å²) in [5.41, 5.74) is 0. The standard InChI is InChI=1S/C13H21ClN4O/c1-9(8-14)13(19)15-10(2)12-17-16-11-6-4-3-5-7-18(11)12/h9-10H,3-8H2,1-2H3,(H,15,19). The third-order valence-corrected chi connectivity index (χ3v) is 4.03. The van der Waals surface area contributed by atoms with Crippen molar-refractivity contribution in [3.05, 3.63) is 11.6 Å². The summed E-state index contributed by atoms with van der Waals surface area (Å²) in [6, 6.07) is -0.127. The quantitative estimate of drug-likeness (QED) is 0.861. The molecule has 0 aliphatic carbocycles. The number of carbonyl (C=O) groups is 1. The predicted octanol–water partition coefficient (Wildman–Crippen LogP) is 2.06. The van der Waals surface area contributed by atoms with Crippen LogP contribution in [0.4, 0.5) is 0 Å². The fourth-order valence-corrected chi connectivity index (χ4v) is 2.46. The minimum Gasteiger partial charge on any atom is -0.346 e. The van der Waals surface area contributed by atoms with Crippen molar-refractivity contribution < 1.29 is 4.79 Å². The van der Waals surface area contributed by atoms with Gasteiger partial charge in [0.15, 0.2) is 5.82 Å². The smallest absolute Gasteiger partial charge is 0.224 e. The van der Waals surface area contributed by atoms with Crippen LogP contribution in [0.3, 0.4) is 0 Å². The minimum absolute atomic E-state index is 0.0338.